The van der Waals surface area contributed by atoms with Crippen molar-refractivity contribution in [2.24, 2.45) is 0 Å². The highest BCUT2D eigenvalue weighted by molar-refractivity contribution is 8.00. The van der Waals surface area contributed by atoms with E-state index >= 15 is 0 Å². The summed E-state index contributed by atoms with van der Waals surface area (Å²) in [4.78, 5) is 17.0. The lowest BCUT2D eigenvalue weighted by Gasteiger charge is -2.19. The molecule has 2 aromatic rings. The van der Waals surface area contributed by atoms with Crippen LogP contribution in [-0.4, -0.2) is 16.6 Å². The first-order valence-electron chi connectivity index (χ1n) is 6.37. The number of thiazole rings is 1. The van der Waals surface area contributed by atoms with Crippen molar-refractivity contribution in [1.29, 1.82) is 0 Å². The first-order chi connectivity index (χ1) is 9.61. The van der Waals surface area contributed by atoms with Crippen molar-refractivity contribution >= 4 is 40.4 Å². The van der Waals surface area contributed by atoms with Gasteiger partial charge in [0.05, 0.1) is 28.2 Å². The van der Waals surface area contributed by atoms with E-state index in [1.165, 1.54) is 0 Å². The fraction of sp³-hybridized carbons (Fsp3) is 0.286. The largest absolute Gasteiger partial charge is 0.377 e. The minimum absolute atomic E-state index is 0.0582. The van der Waals surface area contributed by atoms with Gasteiger partial charge >= 0.3 is 0 Å². The summed E-state index contributed by atoms with van der Waals surface area (Å²) in [6.07, 6.45) is 0. The molecule has 2 N–H and O–H groups in total. The highest BCUT2D eigenvalue weighted by Gasteiger charge is 2.16. The van der Waals surface area contributed by atoms with Crippen LogP contribution in [0.2, 0.25) is 0 Å². The molecule has 3 rings (SSSR count). The molecule has 1 aromatic carbocycles. The van der Waals surface area contributed by atoms with E-state index in [9.17, 15) is 4.79 Å². The van der Waals surface area contributed by atoms with Gasteiger partial charge in [0.1, 0.15) is 0 Å². The molecule has 0 radical (unpaired) electrons. The molecule has 1 aliphatic rings. The molecule has 1 aromatic heterocycles. The molecule has 6 heteroatoms. The number of carbonyl (C=O) groups is 1. The number of thioether (sulfide) groups is 1. The van der Waals surface area contributed by atoms with Crippen LogP contribution in [0.5, 0.6) is 0 Å². The Balaban J connectivity index is 1.78. The molecule has 1 atom stereocenters. The number of aromatic nitrogens is 1. The molecule has 1 amide bonds. The molecule has 0 bridgehead atoms. The van der Waals surface area contributed by atoms with Gasteiger partial charge in [-0.25, -0.2) is 4.98 Å². The van der Waals surface area contributed by atoms with Gasteiger partial charge in [-0.2, -0.15) is 0 Å². The topological polar surface area (TPSA) is 54.0 Å². The van der Waals surface area contributed by atoms with E-state index in [1.54, 1.807) is 23.1 Å². The number of hydrogen-bond donors (Lipinski definition) is 2. The average Bonchev–Trinajstić information content (AvgIpc) is 2.85. The van der Waals surface area contributed by atoms with E-state index in [2.05, 4.69) is 27.9 Å². The Morgan fingerprint density at radius 3 is 3.05 bits per heavy atom. The zero-order valence-electron chi connectivity index (χ0n) is 11.3. The standard InChI is InChI=1S/C14H15N3OS2/c1-8(12-6-19-9(2)16-12)15-10-3-4-13-11(5-10)17-14(18)7-20-13/h3-6,8,15H,7H2,1-2H3,(H,17,18). The van der Waals surface area contributed by atoms with Crippen LogP contribution in [-0.2, 0) is 4.79 Å². The summed E-state index contributed by atoms with van der Waals surface area (Å²) in [6, 6.07) is 6.21. The summed E-state index contributed by atoms with van der Waals surface area (Å²) in [7, 11) is 0. The van der Waals surface area contributed by atoms with Gasteiger partial charge in [0.2, 0.25) is 5.91 Å². The van der Waals surface area contributed by atoms with E-state index < -0.39 is 0 Å². The minimum Gasteiger partial charge on any atom is -0.377 e. The van der Waals surface area contributed by atoms with Gasteiger partial charge < -0.3 is 10.6 Å². The zero-order chi connectivity index (χ0) is 14.1. The molecule has 104 valence electrons. The Bertz CT molecular complexity index is 654. The molecule has 0 aliphatic carbocycles. The number of aryl methyl sites for hydroxylation is 1. The van der Waals surface area contributed by atoms with Crippen LogP contribution in [0.1, 0.15) is 23.7 Å². The van der Waals surface area contributed by atoms with Crippen molar-refractivity contribution in [3.8, 4) is 0 Å². The summed E-state index contributed by atoms with van der Waals surface area (Å²) in [5.74, 6) is 0.552. The van der Waals surface area contributed by atoms with Crippen LogP contribution in [0.15, 0.2) is 28.5 Å². The second-order valence-corrected chi connectivity index (χ2v) is 6.78. The van der Waals surface area contributed by atoms with Gasteiger partial charge in [0, 0.05) is 16.0 Å². The molecular weight excluding hydrogens is 290 g/mol. The Hall–Kier alpha value is -1.53. The van der Waals surface area contributed by atoms with Crippen LogP contribution >= 0.6 is 23.1 Å². The Labute approximate surface area is 126 Å². The predicted molar refractivity (Wildman–Crippen MR) is 84.7 cm³/mol. The monoisotopic (exact) mass is 305 g/mol. The number of hydrogen-bond acceptors (Lipinski definition) is 5. The highest BCUT2D eigenvalue weighted by atomic mass is 32.2. The molecule has 0 spiro atoms. The number of nitrogens with one attached hydrogen (secondary N) is 2. The second-order valence-electron chi connectivity index (χ2n) is 4.71. The maximum Gasteiger partial charge on any atom is 0.234 e. The van der Waals surface area contributed by atoms with Gasteiger partial charge in [0.25, 0.3) is 0 Å². The minimum atomic E-state index is 0.0582. The van der Waals surface area contributed by atoms with E-state index in [-0.39, 0.29) is 11.9 Å². The zero-order valence-corrected chi connectivity index (χ0v) is 12.9. The van der Waals surface area contributed by atoms with Crippen molar-refractivity contribution in [2.45, 2.75) is 24.8 Å². The van der Waals surface area contributed by atoms with Crippen LogP contribution < -0.4 is 10.6 Å². The third kappa shape index (κ3) is 2.81. The first kappa shape index (κ1) is 13.5. The number of benzene rings is 1. The SMILES string of the molecule is Cc1nc(C(C)Nc2ccc3c(c2)NC(=O)CS3)cs1. The Morgan fingerprint density at radius 2 is 2.30 bits per heavy atom. The number of carbonyl (C=O) groups excluding carboxylic acids is 1. The number of anilines is 2. The number of amides is 1. The summed E-state index contributed by atoms with van der Waals surface area (Å²) in [5, 5.41) is 9.47. The highest BCUT2D eigenvalue weighted by Crippen LogP contribution is 2.34. The van der Waals surface area contributed by atoms with E-state index in [0.717, 1.165) is 27.0 Å². The van der Waals surface area contributed by atoms with Gasteiger partial charge in [-0.3, -0.25) is 4.79 Å². The molecule has 0 fully saturated rings. The lowest BCUT2D eigenvalue weighted by Crippen LogP contribution is -2.18. The number of nitrogens with zero attached hydrogens (tertiary/aromatic N) is 1. The number of rotatable bonds is 3. The fourth-order valence-corrected chi connectivity index (χ4v) is 3.57. The summed E-state index contributed by atoms with van der Waals surface area (Å²) in [6.45, 7) is 4.09. The summed E-state index contributed by atoms with van der Waals surface area (Å²) >= 11 is 3.23. The van der Waals surface area contributed by atoms with Gasteiger partial charge in [0.15, 0.2) is 0 Å². The first-order valence-corrected chi connectivity index (χ1v) is 8.23. The van der Waals surface area contributed by atoms with Gasteiger partial charge in [-0.05, 0) is 32.0 Å². The van der Waals surface area contributed by atoms with Crippen LogP contribution in [0.25, 0.3) is 0 Å². The lowest BCUT2D eigenvalue weighted by molar-refractivity contribution is -0.113. The molecule has 20 heavy (non-hydrogen) atoms. The van der Waals surface area contributed by atoms with Crippen LogP contribution in [0.4, 0.5) is 11.4 Å². The van der Waals surface area contributed by atoms with E-state index in [4.69, 9.17) is 0 Å². The van der Waals surface area contributed by atoms with Crippen LogP contribution in [0, 0.1) is 6.92 Å². The van der Waals surface area contributed by atoms with Crippen molar-refractivity contribution in [3.05, 3.63) is 34.3 Å². The van der Waals surface area contributed by atoms with Crippen molar-refractivity contribution in [1.82, 2.24) is 4.98 Å². The normalized spacial score (nSPS) is 15.4. The lowest BCUT2D eigenvalue weighted by atomic mass is 10.2. The van der Waals surface area contributed by atoms with Crippen LogP contribution in [0.3, 0.4) is 0 Å². The third-order valence-electron chi connectivity index (χ3n) is 3.08. The predicted octanol–water partition coefficient (Wildman–Crippen LogP) is 3.67. The summed E-state index contributed by atoms with van der Waals surface area (Å²) in [5.41, 5.74) is 2.92. The summed E-state index contributed by atoms with van der Waals surface area (Å²) < 4.78 is 0. The van der Waals surface area contributed by atoms with Crippen molar-refractivity contribution in [3.63, 3.8) is 0 Å². The third-order valence-corrected chi connectivity index (χ3v) is 4.94. The molecule has 4 nitrogen and oxygen atoms in total. The maximum atomic E-state index is 11.4. The van der Waals surface area contributed by atoms with E-state index in [0.29, 0.717) is 5.75 Å². The molecular formula is C14H15N3OS2. The Kier molecular flexibility index (Phi) is 3.67. The van der Waals surface area contributed by atoms with Gasteiger partial charge in [-0.15, -0.1) is 23.1 Å². The smallest absolute Gasteiger partial charge is 0.234 e. The van der Waals surface area contributed by atoms with Crippen molar-refractivity contribution in [2.75, 3.05) is 16.4 Å². The molecule has 0 saturated heterocycles. The average molecular weight is 305 g/mol. The van der Waals surface area contributed by atoms with Gasteiger partial charge in [-0.1, -0.05) is 0 Å². The fourth-order valence-electron chi connectivity index (χ4n) is 2.08. The molecule has 2 heterocycles. The molecule has 1 aliphatic heterocycles. The molecule has 0 saturated carbocycles. The maximum absolute atomic E-state index is 11.4. The number of fused-ring (bicyclic) bond motifs is 1. The quantitative estimate of drug-likeness (QED) is 0.908. The second kappa shape index (κ2) is 5.46. The van der Waals surface area contributed by atoms with E-state index in [1.807, 2.05) is 25.1 Å². The Morgan fingerprint density at radius 1 is 1.45 bits per heavy atom. The van der Waals surface area contributed by atoms with Crippen molar-refractivity contribution < 1.29 is 4.79 Å². The molecule has 1 unspecified atom stereocenters.